The summed E-state index contributed by atoms with van der Waals surface area (Å²) in [7, 11) is -1.71. The maximum absolute atomic E-state index is 11.3. The summed E-state index contributed by atoms with van der Waals surface area (Å²) in [4.78, 5) is 7.01. The van der Waals surface area contributed by atoms with Crippen LogP contribution in [0.15, 0.2) is 12.4 Å². The molecule has 1 rings (SSSR count). The van der Waals surface area contributed by atoms with Gasteiger partial charge in [0, 0.05) is 32.5 Å². The fourth-order valence-electron chi connectivity index (χ4n) is 1.18. The van der Waals surface area contributed by atoms with Crippen molar-refractivity contribution >= 4 is 10.0 Å². The number of aromatic amines is 1. The molecule has 0 amide bonds. The number of sulfonamides is 1. The van der Waals surface area contributed by atoms with Gasteiger partial charge in [0.2, 0.25) is 10.0 Å². The topological polar surface area (TPSA) is 84.1 Å². The van der Waals surface area contributed by atoms with Crippen molar-refractivity contribution in [2.45, 2.75) is 12.8 Å². The first-order chi connectivity index (χ1) is 7.64. The molecule has 0 radical (unpaired) electrons. The van der Waals surface area contributed by atoms with Crippen molar-refractivity contribution in [2.75, 3.05) is 26.0 Å². The van der Waals surface area contributed by atoms with Gasteiger partial charge >= 0.3 is 0 Å². The zero-order chi connectivity index (χ0) is 11.9. The van der Waals surface area contributed by atoms with Crippen LogP contribution < -0.4 is 4.72 Å². The Kier molecular flexibility index (Phi) is 5.44. The van der Waals surface area contributed by atoms with E-state index in [0.717, 1.165) is 18.7 Å². The molecule has 6 nitrogen and oxygen atoms in total. The van der Waals surface area contributed by atoms with Crippen molar-refractivity contribution in [3.8, 4) is 0 Å². The summed E-state index contributed by atoms with van der Waals surface area (Å²) in [5.41, 5.74) is 0. The Balaban J connectivity index is 2.15. The number of nitrogens with zero attached hydrogens (tertiary/aromatic N) is 1. The van der Waals surface area contributed by atoms with Gasteiger partial charge in [-0.15, -0.1) is 0 Å². The third kappa shape index (κ3) is 5.24. The molecule has 0 aliphatic heterocycles. The number of methoxy groups -OCH3 is 1. The average Bonchev–Trinajstić information content (AvgIpc) is 2.75. The number of H-pyrrole nitrogens is 1. The summed E-state index contributed by atoms with van der Waals surface area (Å²) in [6.07, 6.45) is 4.88. The van der Waals surface area contributed by atoms with Crippen LogP contribution in [0.5, 0.6) is 0 Å². The zero-order valence-electron chi connectivity index (χ0n) is 9.27. The molecule has 0 fully saturated rings. The Hall–Kier alpha value is -0.920. The average molecular weight is 247 g/mol. The lowest BCUT2D eigenvalue weighted by Gasteiger charge is -2.05. The van der Waals surface area contributed by atoms with Crippen molar-refractivity contribution < 1.29 is 13.2 Å². The first-order valence-electron chi connectivity index (χ1n) is 5.08. The van der Waals surface area contributed by atoms with Crippen molar-refractivity contribution in [1.82, 2.24) is 14.7 Å². The molecule has 7 heteroatoms. The number of ether oxygens (including phenoxy) is 1. The number of hydrogen-bond acceptors (Lipinski definition) is 4. The third-order valence-electron chi connectivity index (χ3n) is 2.02. The number of rotatable bonds is 8. The summed E-state index contributed by atoms with van der Waals surface area (Å²) in [6, 6.07) is 0. The minimum absolute atomic E-state index is 0.00422. The Morgan fingerprint density at radius 3 is 3.00 bits per heavy atom. The maximum atomic E-state index is 11.3. The first-order valence-corrected chi connectivity index (χ1v) is 6.74. The van der Waals surface area contributed by atoms with E-state index in [1.807, 2.05) is 0 Å². The number of imidazole rings is 1. The second-order valence-electron chi connectivity index (χ2n) is 3.35. The second kappa shape index (κ2) is 6.62. The van der Waals surface area contributed by atoms with Crippen LogP contribution in [-0.4, -0.2) is 44.4 Å². The van der Waals surface area contributed by atoms with Gasteiger partial charge in [0.05, 0.1) is 12.4 Å². The summed E-state index contributed by atoms with van der Waals surface area (Å²) >= 11 is 0. The van der Waals surface area contributed by atoms with Crippen LogP contribution in [0.2, 0.25) is 0 Å². The summed E-state index contributed by atoms with van der Waals surface area (Å²) in [5.74, 6) is 0.876. The van der Waals surface area contributed by atoms with Crippen molar-refractivity contribution in [1.29, 1.82) is 0 Å². The SMILES string of the molecule is COCCS(=O)(=O)NCCCc1ncc[nH]1. The molecule has 0 aromatic carbocycles. The molecule has 0 saturated carbocycles. The lowest BCUT2D eigenvalue weighted by molar-refractivity contribution is 0.217. The van der Waals surface area contributed by atoms with E-state index in [0.29, 0.717) is 6.54 Å². The van der Waals surface area contributed by atoms with Gasteiger partial charge in [0.25, 0.3) is 0 Å². The highest BCUT2D eigenvalue weighted by atomic mass is 32.2. The molecular formula is C9H17N3O3S. The van der Waals surface area contributed by atoms with Gasteiger partial charge in [0.15, 0.2) is 0 Å². The first kappa shape index (κ1) is 13.1. The number of nitrogens with one attached hydrogen (secondary N) is 2. The lowest BCUT2D eigenvalue weighted by Crippen LogP contribution is -2.29. The molecule has 1 aromatic heterocycles. The normalized spacial score (nSPS) is 11.8. The molecule has 92 valence electrons. The van der Waals surface area contributed by atoms with Crippen LogP contribution >= 0.6 is 0 Å². The second-order valence-corrected chi connectivity index (χ2v) is 5.27. The van der Waals surface area contributed by atoms with Gasteiger partial charge in [-0.2, -0.15) is 0 Å². The molecule has 1 heterocycles. The van der Waals surface area contributed by atoms with E-state index in [2.05, 4.69) is 14.7 Å². The molecule has 0 unspecified atom stereocenters. The quantitative estimate of drug-likeness (QED) is 0.629. The molecular weight excluding hydrogens is 230 g/mol. The van der Waals surface area contributed by atoms with Crippen molar-refractivity contribution in [2.24, 2.45) is 0 Å². The minimum atomic E-state index is -3.19. The van der Waals surface area contributed by atoms with Gasteiger partial charge in [-0.3, -0.25) is 0 Å². The Morgan fingerprint density at radius 1 is 1.56 bits per heavy atom. The molecule has 0 saturated heterocycles. The highest BCUT2D eigenvalue weighted by molar-refractivity contribution is 7.89. The van der Waals surface area contributed by atoms with Crippen LogP contribution in [0.1, 0.15) is 12.2 Å². The van der Waals surface area contributed by atoms with Crippen LogP contribution in [0.4, 0.5) is 0 Å². The molecule has 0 atom stereocenters. The fourth-order valence-corrected chi connectivity index (χ4v) is 2.17. The molecule has 0 bridgehead atoms. The minimum Gasteiger partial charge on any atom is -0.384 e. The Bertz CT molecular complexity index is 375. The van der Waals surface area contributed by atoms with Gasteiger partial charge in [-0.25, -0.2) is 18.1 Å². The van der Waals surface area contributed by atoms with Gasteiger partial charge in [-0.1, -0.05) is 0 Å². The van der Waals surface area contributed by atoms with Crippen LogP contribution in [0, 0.1) is 0 Å². The van der Waals surface area contributed by atoms with Crippen LogP contribution in [0.3, 0.4) is 0 Å². The van der Waals surface area contributed by atoms with Gasteiger partial charge < -0.3 is 9.72 Å². The summed E-state index contributed by atoms with van der Waals surface area (Å²) in [5, 5.41) is 0. The summed E-state index contributed by atoms with van der Waals surface area (Å²) < 4.78 is 29.9. The monoisotopic (exact) mass is 247 g/mol. The molecule has 0 spiro atoms. The van der Waals surface area contributed by atoms with E-state index in [9.17, 15) is 8.42 Å². The van der Waals surface area contributed by atoms with Gasteiger partial charge in [-0.05, 0) is 6.42 Å². The van der Waals surface area contributed by atoms with Crippen LogP contribution in [-0.2, 0) is 21.2 Å². The predicted molar refractivity (Wildman–Crippen MR) is 60.6 cm³/mol. The number of hydrogen-bond donors (Lipinski definition) is 2. The van der Waals surface area contributed by atoms with E-state index < -0.39 is 10.0 Å². The van der Waals surface area contributed by atoms with E-state index in [-0.39, 0.29) is 12.4 Å². The lowest BCUT2D eigenvalue weighted by atomic mass is 10.3. The van der Waals surface area contributed by atoms with E-state index >= 15 is 0 Å². The molecule has 16 heavy (non-hydrogen) atoms. The Labute approximate surface area is 95.5 Å². The van der Waals surface area contributed by atoms with E-state index in [4.69, 9.17) is 4.74 Å². The molecule has 1 aromatic rings. The van der Waals surface area contributed by atoms with Crippen molar-refractivity contribution in [3.63, 3.8) is 0 Å². The number of aromatic nitrogens is 2. The highest BCUT2D eigenvalue weighted by Crippen LogP contribution is 1.94. The van der Waals surface area contributed by atoms with Crippen molar-refractivity contribution in [3.05, 3.63) is 18.2 Å². The largest absolute Gasteiger partial charge is 0.384 e. The standard InChI is InChI=1S/C9H17N3O3S/c1-15-7-8-16(13,14)12-4-2-3-9-10-5-6-11-9/h5-6,12H,2-4,7-8H2,1H3,(H,10,11). The molecule has 0 aliphatic carbocycles. The number of aryl methyl sites for hydroxylation is 1. The van der Waals surface area contributed by atoms with Crippen LogP contribution in [0.25, 0.3) is 0 Å². The Morgan fingerprint density at radius 2 is 2.38 bits per heavy atom. The van der Waals surface area contributed by atoms with Gasteiger partial charge in [0.1, 0.15) is 5.82 Å². The predicted octanol–water partition coefficient (Wildman–Crippen LogP) is -0.0919. The third-order valence-corrected chi connectivity index (χ3v) is 3.37. The molecule has 2 N–H and O–H groups in total. The fraction of sp³-hybridized carbons (Fsp3) is 0.667. The summed E-state index contributed by atoms with van der Waals surface area (Å²) in [6.45, 7) is 0.639. The highest BCUT2D eigenvalue weighted by Gasteiger charge is 2.08. The van der Waals surface area contributed by atoms with E-state index in [1.165, 1.54) is 7.11 Å². The maximum Gasteiger partial charge on any atom is 0.213 e. The molecule has 0 aliphatic rings. The smallest absolute Gasteiger partial charge is 0.213 e. The van der Waals surface area contributed by atoms with E-state index in [1.54, 1.807) is 12.4 Å². The zero-order valence-corrected chi connectivity index (χ0v) is 10.1.